The number of ether oxygens (including phenoxy) is 1. The van der Waals surface area contributed by atoms with Crippen molar-refractivity contribution in [2.24, 2.45) is 9.98 Å². The molecule has 1 aliphatic rings. The topological polar surface area (TPSA) is 34.0 Å². The van der Waals surface area contributed by atoms with Crippen molar-refractivity contribution < 1.29 is 9.13 Å². The zero-order chi connectivity index (χ0) is 11.4. The van der Waals surface area contributed by atoms with E-state index in [4.69, 9.17) is 4.74 Å². The molecule has 0 N–H and O–H groups in total. The van der Waals surface area contributed by atoms with E-state index in [-0.39, 0.29) is 11.6 Å². The predicted octanol–water partition coefficient (Wildman–Crippen LogP) is 2.25. The lowest BCUT2D eigenvalue weighted by Crippen LogP contribution is -2.06. The van der Waals surface area contributed by atoms with Gasteiger partial charge in [0, 0.05) is 25.6 Å². The van der Waals surface area contributed by atoms with Crippen LogP contribution in [0, 0.1) is 5.82 Å². The molecule has 84 valence electrons. The third kappa shape index (κ3) is 2.45. The molecule has 4 heteroatoms. The van der Waals surface area contributed by atoms with Crippen molar-refractivity contribution >= 4 is 12.1 Å². The summed E-state index contributed by atoms with van der Waals surface area (Å²) in [5.41, 5.74) is 0.858. The molecule has 1 heterocycles. The molecule has 3 nitrogen and oxygen atoms in total. The van der Waals surface area contributed by atoms with E-state index in [1.54, 1.807) is 6.07 Å². The van der Waals surface area contributed by atoms with E-state index in [1.807, 2.05) is 12.3 Å². The summed E-state index contributed by atoms with van der Waals surface area (Å²) in [6, 6.07) is 4.91. The summed E-state index contributed by atoms with van der Waals surface area (Å²) in [7, 11) is 1.45. The maximum atomic E-state index is 13.4. The molecule has 1 aliphatic heterocycles. The summed E-state index contributed by atoms with van der Waals surface area (Å²) in [6.45, 7) is 0.775. The van der Waals surface area contributed by atoms with Gasteiger partial charge in [-0.3, -0.25) is 4.99 Å². The van der Waals surface area contributed by atoms with E-state index in [2.05, 4.69) is 9.98 Å². The van der Waals surface area contributed by atoms with Crippen LogP contribution in [0.1, 0.15) is 12.0 Å². The molecule has 16 heavy (non-hydrogen) atoms. The lowest BCUT2D eigenvalue weighted by atomic mass is 10.1. The molecule has 0 unspecified atom stereocenters. The van der Waals surface area contributed by atoms with Crippen molar-refractivity contribution in [2.75, 3.05) is 13.7 Å². The third-order valence-corrected chi connectivity index (χ3v) is 2.37. The average molecular weight is 220 g/mol. The van der Waals surface area contributed by atoms with Gasteiger partial charge in [-0.15, -0.1) is 0 Å². The first kappa shape index (κ1) is 10.8. The number of hydrogen-bond acceptors (Lipinski definition) is 3. The van der Waals surface area contributed by atoms with E-state index in [1.165, 1.54) is 13.2 Å². The highest BCUT2D eigenvalue weighted by Crippen LogP contribution is 2.18. The first-order valence-electron chi connectivity index (χ1n) is 5.18. The Morgan fingerprint density at radius 1 is 1.44 bits per heavy atom. The number of nitrogens with zero attached hydrogens (tertiary/aromatic N) is 2. The smallest absolute Gasteiger partial charge is 0.165 e. The fourth-order valence-electron chi connectivity index (χ4n) is 1.57. The van der Waals surface area contributed by atoms with Crippen molar-refractivity contribution in [1.29, 1.82) is 0 Å². The van der Waals surface area contributed by atoms with Gasteiger partial charge in [-0.05, 0) is 17.7 Å². The van der Waals surface area contributed by atoms with Crippen LogP contribution in [-0.2, 0) is 6.42 Å². The van der Waals surface area contributed by atoms with Gasteiger partial charge >= 0.3 is 0 Å². The molecule has 1 aromatic carbocycles. The average Bonchev–Trinajstić information content (AvgIpc) is 2.31. The van der Waals surface area contributed by atoms with Gasteiger partial charge in [0.25, 0.3) is 0 Å². The fourth-order valence-corrected chi connectivity index (χ4v) is 1.57. The minimum absolute atomic E-state index is 0.262. The Bertz CT molecular complexity index is 441. The fraction of sp³-hybridized carbons (Fsp3) is 0.333. The maximum Gasteiger partial charge on any atom is 0.165 e. The molecule has 0 fully saturated rings. The Kier molecular flexibility index (Phi) is 3.29. The van der Waals surface area contributed by atoms with Gasteiger partial charge < -0.3 is 4.74 Å². The summed E-state index contributed by atoms with van der Waals surface area (Å²) in [6.07, 6.45) is 3.31. The quantitative estimate of drug-likeness (QED) is 0.769. The second-order valence-electron chi connectivity index (χ2n) is 3.54. The predicted molar refractivity (Wildman–Crippen MR) is 62.1 cm³/mol. The van der Waals surface area contributed by atoms with Crippen LogP contribution in [0.3, 0.4) is 0 Å². The van der Waals surface area contributed by atoms with Gasteiger partial charge in [0.2, 0.25) is 0 Å². The van der Waals surface area contributed by atoms with Crippen LogP contribution in [0.25, 0.3) is 0 Å². The number of halogens is 1. The molecule has 0 spiro atoms. The summed E-state index contributed by atoms with van der Waals surface area (Å²) in [4.78, 5) is 8.43. The number of hydrogen-bond donors (Lipinski definition) is 0. The largest absolute Gasteiger partial charge is 0.494 e. The van der Waals surface area contributed by atoms with Crippen LogP contribution >= 0.6 is 0 Å². The normalized spacial score (nSPS) is 14.8. The molecular formula is C12H13FN2O. The summed E-state index contributed by atoms with van der Waals surface area (Å²) in [5, 5.41) is 0. The Hall–Kier alpha value is -1.71. The lowest BCUT2D eigenvalue weighted by molar-refractivity contribution is 0.386. The van der Waals surface area contributed by atoms with Crippen molar-refractivity contribution in [2.45, 2.75) is 12.8 Å². The highest BCUT2D eigenvalue weighted by Gasteiger charge is 2.06. The molecular weight excluding hydrogens is 207 g/mol. The van der Waals surface area contributed by atoms with Crippen molar-refractivity contribution in [1.82, 2.24) is 0 Å². The molecule has 0 amide bonds. The standard InChI is InChI=1S/C12H13FN2O/c1-16-11-4-3-9(7-10(11)13)8-12-14-5-2-6-15-12/h3-5,7H,2,6,8H2,1H3. The van der Waals surface area contributed by atoms with E-state index < -0.39 is 0 Å². The molecule has 0 aromatic heterocycles. The van der Waals surface area contributed by atoms with Crippen LogP contribution in [-0.4, -0.2) is 25.7 Å². The van der Waals surface area contributed by atoms with Crippen LogP contribution in [0.4, 0.5) is 4.39 Å². The minimum atomic E-state index is -0.347. The molecule has 1 aromatic rings. The van der Waals surface area contributed by atoms with Crippen LogP contribution < -0.4 is 4.74 Å². The minimum Gasteiger partial charge on any atom is -0.494 e. The van der Waals surface area contributed by atoms with Gasteiger partial charge in [-0.25, -0.2) is 9.38 Å². The molecule has 0 saturated heterocycles. The molecule has 2 rings (SSSR count). The van der Waals surface area contributed by atoms with Gasteiger partial charge in [0.1, 0.15) is 5.84 Å². The van der Waals surface area contributed by atoms with E-state index in [0.717, 1.165) is 24.4 Å². The highest BCUT2D eigenvalue weighted by molar-refractivity contribution is 5.92. The Balaban J connectivity index is 2.13. The van der Waals surface area contributed by atoms with Crippen LogP contribution in [0.2, 0.25) is 0 Å². The second kappa shape index (κ2) is 4.88. The lowest BCUT2D eigenvalue weighted by Gasteiger charge is -2.07. The monoisotopic (exact) mass is 220 g/mol. The number of aliphatic imine (C=N–C) groups is 2. The van der Waals surface area contributed by atoms with Crippen LogP contribution in [0.15, 0.2) is 28.2 Å². The number of methoxy groups -OCH3 is 1. The number of rotatable bonds is 3. The van der Waals surface area contributed by atoms with E-state index in [0.29, 0.717) is 6.42 Å². The van der Waals surface area contributed by atoms with Gasteiger partial charge in [0.15, 0.2) is 11.6 Å². The Morgan fingerprint density at radius 3 is 2.94 bits per heavy atom. The maximum absolute atomic E-state index is 13.4. The number of amidine groups is 1. The summed E-state index contributed by atoms with van der Waals surface area (Å²) in [5.74, 6) is 0.675. The Labute approximate surface area is 93.7 Å². The van der Waals surface area contributed by atoms with Crippen LogP contribution in [0.5, 0.6) is 5.75 Å². The highest BCUT2D eigenvalue weighted by atomic mass is 19.1. The molecule has 0 atom stereocenters. The second-order valence-corrected chi connectivity index (χ2v) is 3.54. The molecule has 0 aliphatic carbocycles. The third-order valence-electron chi connectivity index (χ3n) is 2.37. The first-order chi connectivity index (χ1) is 7.79. The molecule has 0 bridgehead atoms. The zero-order valence-electron chi connectivity index (χ0n) is 9.11. The van der Waals surface area contributed by atoms with Gasteiger partial charge in [-0.1, -0.05) is 6.07 Å². The summed E-state index contributed by atoms with van der Waals surface area (Å²) >= 11 is 0. The van der Waals surface area contributed by atoms with E-state index in [9.17, 15) is 4.39 Å². The number of benzene rings is 1. The van der Waals surface area contributed by atoms with Gasteiger partial charge in [-0.2, -0.15) is 0 Å². The van der Waals surface area contributed by atoms with Crippen molar-refractivity contribution in [3.8, 4) is 5.75 Å². The Morgan fingerprint density at radius 2 is 2.31 bits per heavy atom. The van der Waals surface area contributed by atoms with E-state index >= 15 is 0 Å². The summed E-state index contributed by atoms with van der Waals surface area (Å²) < 4.78 is 18.3. The first-order valence-corrected chi connectivity index (χ1v) is 5.18. The van der Waals surface area contributed by atoms with Gasteiger partial charge in [0.05, 0.1) is 7.11 Å². The SMILES string of the molecule is COc1ccc(CC2=NCCC=N2)cc1F. The zero-order valence-corrected chi connectivity index (χ0v) is 9.11. The molecule has 0 saturated carbocycles. The van der Waals surface area contributed by atoms with Crippen molar-refractivity contribution in [3.05, 3.63) is 29.6 Å². The van der Waals surface area contributed by atoms with Crippen molar-refractivity contribution in [3.63, 3.8) is 0 Å². The molecule has 0 radical (unpaired) electrons.